The highest BCUT2D eigenvalue weighted by Gasteiger charge is 2.54. The van der Waals surface area contributed by atoms with Crippen molar-refractivity contribution in [1.82, 2.24) is 0 Å². The third-order valence-electron chi connectivity index (χ3n) is 7.48. The molecule has 0 spiro atoms. The average Bonchev–Trinajstić information content (AvgIpc) is 3.07. The van der Waals surface area contributed by atoms with E-state index in [-0.39, 0.29) is 12.8 Å². The van der Waals surface area contributed by atoms with Gasteiger partial charge in [0.2, 0.25) is 0 Å². The maximum atomic E-state index is 12.5. The van der Waals surface area contributed by atoms with Gasteiger partial charge in [0, 0.05) is 0 Å². The first-order valence-corrected chi connectivity index (χ1v) is 11.9. The lowest BCUT2D eigenvalue weighted by Crippen LogP contribution is -2.59. The second kappa shape index (κ2) is 12.1. The van der Waals surface area contributed by atoms with Crippen LogP contribution in [0.25, 0.3) is 0 Å². The molecular formula is C22H36O15. The van der Waals surface area contributed by atoms with E-state index < -0.39 is 103 Å². The highest BCUT2D eigenvalue weighted by molar-refractivity contribution is 5.82. The lowest BCUT2D eigenvalue weighted by molar-refractivity contribution is -0.323. The SMILES string of the molecule is COC(=O)C1CC(OC(O)C2C(O)C(O)C(O)C2O)C(OC2OC(C)C(O)C(O)C2O)CC1C(=O)OC. The largest absolute Gasteiger partial charge is 0.469 e. The standard InChI is InChI=1S/C22H36O15/c1-6-12(23)15(26)18(29)22(35-6)37-10-5-8(20(31)34-3)7(19(30)33-2)4-9(10)36-21(32)11-13(24)16(27)17(28)14(11)25/h6-18,21-29,32H,4-5H2,1-3H3. The molecule has 37 heavy (non-hydrogen) atoms. The number of esters is 2. The summed E-state index contributed by atoms with van der Waals surface area (Å²) < 4.78 is 26.5. The summed E-state index contributed by atoms with van der Waals surface area (Å²) in [6.07, 6.45) is -19.2. The highest BCUT2D eigenvalue weighted by Crippen LogP contribution is 2.39. The lowest BCUT2D eigenvalue weighted by Gasteiger charge is -2.44. The zero-order valence-corrected chi connectivity index (χ0v) is 20.5. The van der Waals surface area contributed by atoms with Gasteiger partial charge in [-0.15, -0.1) is 0 Å². The molecule has 0 amide bonds. The molecule has 1 aliphatic heterocycles. The minimum absolute atomic E-state index is 0.259. The molecular weight excluding hydrogens is 504 g/mol. The molecule has 2 aliphatic carbocycles. The van der Waals surface area contributed by atoms with Crippen molar-refractivity contribution >= 4 is 11.9 Å². The van der Waals surface area contributed by atoms with Crippen LogP contribution in [0, 0.1) is 17.8 Å². The Morgan fingerprint density at radius 1 is 0.730 bits per heavy atom. The predicted octanol–water partition coefficient (Wildman–Crippen LogP) is -4.65. The lowest BCUT2D eigenvalue weighted by atomic mass is 9.76. The zero-order valence-electron chi connectivity index (χ0n) is 20.5. The van der Waals surface area contributed by atoms with Crippen molar-refractivity contribution in [3.63, 3.8) is 0 Å². The van der Waals surface area contributed by atoms with Crippen LogP contribution in [0.3, 0.4) is 0 Å². The third-order valence-corrected chi connectivity index (χ3v) is 7.48. The highest BCUT2D eigenvalue weighted by atomic mass is 16.7. The molecule has 0 radical (unpaired) electrons. The van der Waals surface area contributed by atoms with Gasteiger partial charge in [0.25, 0.3) is 0 Å². The zero-order chi connectivity index (χ0) is 27.8. The number of rotatable bonds is 7. The number of carbonyl (C=O) groups excluding carboxylic acids is 2. The summed E-state index contributed by atoms with van der Waals surface area (Å²) in [7, 11) is 2.23. The Labute approximate surface area is 212 Å². The Morgan fingerprint density at radius 2 is 1.19 bits per heavy atom. The van der Waals surface area contributed by atoms with Crippen LogP contribution in [0.1, 0.15) is 19.8 Å². The van der Waals surface area contributed by atoms with E-state index >= 15 is 0 Å². The molecule has 15 nitrogen and oxygen atoms in total. The van der Waals surface area contributed by atoms with E-state index in [0.717, 1.165) is 14.2 Å². The van der Waals surface area contributed by atoms with Gasteiger partial charge in [-0.3, -0.25) is 9.59 Å². The molecule has 0 bridgehead atoms. The van der Waals surface area contributed by atoms with Crippen molar-refractivity contribution in [2.24, 2.45) is 17.8 Å². The van der Waals surface area contributed by atoms with E-state index in [4.69, 9.17) is 23.7 Å². The molecule has 2 saturated carbocycles. The van der Waals surface area contributed by atoms with Gasteiger partial charge in [-0.25, -0.2) is 0 Å². The van der Waals surface area contributed by atoms with Crippen LogP contribution in [0.5, 0.6) is 0 Å². The molecule has 3 aliphatic rings. The summed E-state index contributed by atoms with van der Waals surface area (Å²) >= 11 is 0. The summed E-state index contributed by atoms with van der Waals surface area (Å²) in [5, 5.41) is 81.2. The van der Waals surface area contributed by atoms with Crippen LogP contribution in [0.4, 0.5) is 0 Å². The van der Waals surface area contributed by atoms with Crippen molar-refractivity contribution < 1.29 is 74.1 Å². The van der Waals surface area contributed by atoms with Gasteiger partial charge in [0.05, 0.1) is 62.5 Å². The number of hydrogen-bond acceptors (Lipinski definition) is 15. The molecule has 0 aromatic heterocycles. The Bertz CT molecular complexity index is 782. The van der Waals surface area contributed by atoms with Crippen LogP contribution >= 0.6 is 0 Å². The number of ether oxygens (including phenoxy) is 5. The van der Waals surface area contributed by atoms with Gasteiger partial charge in [-0.2, -0.15) is 0 Å². The number of methoxy groups -OCH3 is 2. The normalized spacial score (nSPS) is 47.3. The van der Waals surface area contributed by atoms with Crippen LogP contribution < -0.4 is 0 Å². The maximum Gasteiger partial charge on any atom is 0.309 e. The number of hydrogen-bond donors (Lipinski definition) is 8. The van der Waals surface area contributed by atoms with Gasteiger partial charge in [-0.05, 0) is 19.8 Å². The summed E-state index contributed by atoms with van der Waals surface area (Å²) in [5.41, 5.74) is 0. The molecule has 8 N–H and O–H groups in total. The molecule has 1 heterocycles. The predicted molar refractivity (Wildman–Crippen MR) is 116 cm³/mol. The van der Waals surface area contributed by atoms with Gasteiger partial charge in [0.15, 0.2) is 12.6 Å². The van der Waals surface area contributed by atoms with Gasteiger partial charge < -0.3 is 64.5 Å². The average molecular weight is 541 g/mol. The molecule has 0 aromatic carbocycles. The van der Waals surface area contributed by atoms with Gasteiger partial charge in [0.1, 0.15) is 30.5 Å². The first-order chi connectivity index (χ1) is 17.3. The number of aliphatic hydroxyl groups excluding tert-OH is 8. The molecule has 214 valence electrons. The van der Waals surface area contributed by atoms with Crippen molar-refractivity contribution in [2.75, 3.05) is 14.2 Å². The summed E-state index contributed by atoms with van der Waals surface area (Å²) in [6.45, 7) is 1.43. The fraction of sp³-hybridized carbons (Fsp3) is 0.909. The Balaban J connectivity index is 1.87. The molecule has 0 aromatic rings. The van der Waals surface area contributed by atoms with Crippen LogP contribution in [-0.2, 0) is 33.3 Å². The molecule has 3 rings (SSSR count). The van der Waals surface area contributed by atoms with E-state index in [1.165, 1.54) is 6.92 Å². The van der Waals surface area contributed by atoms with Crippen LogP contribution in [0.2, 0.25) is 0 Å². The minimum atomic E-state index is -1.98. The van der Waals surface area contributed by atoms with Crippen molar-refractivity contribution in [3.8, 4) is 0 Å². The first-order valence-electron chi connectivity index (χ1n) is 11.9. The van der Waals surface area contributed by atoms with Crippen molar-refractivity contribution in [3.05, 3.63) is 0 Å². The molecule has 14 atom stereocenters. The van der Waals surface area contributed by atoms with E-state index in [0.29, 0.717) is 0 Å². The smallest absolute Gasteiger partial charge is 0.309 e. The second-order valence-corrected chi connectivity index (χ2v) is 9.69. The summed E-state index contributed by atoms with van der Waals surface area (Å²) in [4.78, 5) is 25.0. The van der Waals surface area contributed by atoms with Crippen molar-refractivity contribution in [1.29, 1.82) is 0 Å². The Kier molecular flexibility index (Phi) is 9.85. The molecule has 1 saturated heterocycles. The van der Waals surface area contributed by atoms with Crippen LogP contribution in [-0.4, -0.2) is 141 Å². The second-order valence-electron chi connectivity index (χ2n) is 9.69. The quantitative estimate of drug-likeness (QED) is 0.112. The third kappa shape index (κ3) is 5.91. The number of aliphatic hydroxyl groups is 8. The Hall–Kier alpha value is -1.50. The van der Waals surface area contributed by atoms with Gasteiger partial charge in [-0.1, -0.05) is 0 Å². The summed E-state index contributed by atoms with van der Waals surface area (Å²) in [5.74, 6) is -5.32. The first kappa shape index (κ1) is 30.0. The van der Waals surface area contributed by atoms with Crippen LogP contribution in [0.15, 0.2) is 0 Å². The monoisotopic (exact) mass is 540 g/mol. The summed E-state index contributed by atoms with van der Waals surface area (Å²) in [6, 6.07) is 0. The van der Waals surface area contributed by atoms with E-state index in [1.54, 1.807) is 0 Å². The minimum Gasteiger partial charge on any atom is -0.469 e. The Morgan fingerprint density at radius 3 is 1.68 bits per heavy atom. The van der Waals surface area contributed by atoms with E-state index in [9.17, 15) is 50.4 Å². The van der Waals surface area contributed by atoms with Gasteiger partial charge >= 0.3 is 11.9 Å². The van der Waals surface area contributed by atoms with E-state index in [2.05, 4.69) is 0 Å². The maximum absolute atomic E-state index is 12.5. The molecule has 15 heteroatoms. The van der Waals surface area contributed by atoms with E-state index in [1.807, 2.05) is 0 Å². The molecule has 3 fully saturated rings. The number of carbonyl (C=O) groups is 2. The van der Waals surface area contributed by atoms with Crippen molar-refractivity contribution in [2.45, 2.75) is 93.4 Å². The fourth-order valence-electron chi connectivity index (χ4n) is 5.21. The molecule has 14 unspecified atom stereocenters. The fourth-order valence-corrected chi connectivity index (χ4v) is 5.21. The topological polar surface area (TPSA) is 242 Å².